The van der Waals surface area contributed by atoms with Crippen LogP contribution in [0.1, 0.15) is 48.5 Å². The predicted octanol–water partition coefficient (Wildman–Crippen LogP) is 2.76. The number of aliphatic hydroxyl groups excluding tert-OH is 1. The minimum absolute atomic E-state index is 0.0358. The zero-order chi connectivity index (χ0) is 12.4. The lowest BCUT2D eigenvalue weighted by molar-refractivity contribution is 0.0112. The quantitative estimate of drug-likeness (QED) is 0.782. The van der Waals surface area contributed by atoms with E-state index in [1.807, 2.05) is 0 Å². The van der Waals surface area contributed by atoms with Crippen molar-refractivity contribution in [3.05, 3.63) is 0 Å². The summed E-state index contributed by atoms with van der Waals surface area (Å²) in [4.78, 5) is 2.25. The highest BCUT2D eigenvalue weighted by molar-refractivity contribution is 4.82. The second kappa shape index (κ2) is 4.84. The summed E-state index contributed by atoms with van der Waals surface area (Å²) in [6.07, 6.45) is -0.271. The third-order valence-corrected chi connectivity index (χ3v) is 3.38. The first-order valence-electron chi connectivity index (χ1n) is 5.84. The molecule has 1 N–H and O–H groups in total. The summed E-state index contributed by atoms with van der Waals surface area (Å²) in [5, 5.41) is 10.0. The van der Waals surface area contributed by atoms with E-state index in [-0.39, 0.29) is 16.9 Å². The van der Waals surface area contributed by atoms with Crippen LogP contribution in [0.4, 0.5) is 0 Å². The number of hydrogen-bond donors (Lipinski definition) is 1. The molecule has 0 heterocycles. The lowest BCUT2D eigenvalue weighted by Gasteiger charge is -2.38. The van der Waals surface area contributed by atoms with Gasteiger partial charge >= 0.3 is 0 Å². The monoisotopic (exact) mass is 215 g/mol. The molecule has 0 rings (SSSR count). The molecule has 0 aromatic rings. The second-order valence-electron chi connectivity index (χ2n) is 6.86. The topological polar surface area (TPSA) is 23.5 Å². The standard InChI is InChI=1S/C13H29NO/c1-10(12(2,3)4)14(8)9-11(15)13(5,6)7/h10-11,15H,9H2,1-8H3. The summed E-state index contributed by atoms with van der Waals surface area (Å²) in [7, 11) is 2.09. The molecule has 2 nitrogen and oxygen atoms in total. The fourth-order valence-electron chi connectivity index (χ4n) is 1.37. The van der Waals surface area contributed by atoms with Crippen molar-refractivity contribution in [2.75, 3.05) is 13.6 Å². The maximum absolute atomic E-state index is 10.0. The minimum Gasteiger partial charge on any atom is -0.391 e. The van der Waals surface area contributed by atoms with Gasteiger partial charge in [-0.1, -0.05) is 41.5 Å². The van der Waals surface area contributed by atoms with Gasteiger partial charge in [-0.3, -0.25) is 0 Å². The maximum atomic E-state index is 10.0. The molecule has 2 unspecified atom stereocenters. The Kier molecular flexibility index (Phi) is 4.81. The molecule has 2 heteroatoms. The first-order chi connectivity index (χ1) is 6.46. The molecule has 0 saturated heterocycles. The highest BCUT2D eigenvalue weighted by Gasteiger charge is 2.28. The van der Waals surface area contributed by atoms with Crippen LogP contribution in [0.25, 0.3) is 0 Å². The molecule has 0 aromatic heterocycles. The van der Waals surface area contributed by atoms with E-state index in [9.17, 15) is 5.11 Å². The van der Waals surface area contributed by atoms with Gasteiger partial charge in [-0.15, -0.1) is 0 Å². The van der Waals surface area contributed by atoms with Gasteiger partial charge in [0.1, 0.15) is 0 Å². The SMILES string of the molecule is CC(N(C)CC(O)C(C)(C)C)C(C)(C)C. The van der Waals surface area contributed by atoms with Gasteiger partial charge in [0.2, 0.25) is 0 Å². The van der Waals surface area contributed by atoms with Crippen molar-refractivity contribution in [3.63, 3.8) is 0 Å². The summed E-state index contributed by atoms with van der Waals surface area (Å²) in [5.41, 5.74) is 0.220. The van der Waals surface area contributed by atoms with Gasteiger partial charge < -0.3 is 10.0 Å². The van der Waals surface area contributed by atoms with Crippen LogP contribution < -0.4 is 0 Å². The lowest BCUT2D eigenvalue weighted by atomic mass is 9.85. The van der Waals surface area contributed by atoms with Crippen LogP contribution in [0.3, 0.4) is 0 Å². The van der Waals surface area contributed by atoms with Gasteiger partial charge in [0.15, 0.2) is 0 Å². The number of nitrogens with zero attached hydrogens (tertiary/aromatic N) is 1. The van der Waals surface area contributed by atoms with E-state index in [4.69, 9.17) is 0 Å². The summed E-state index contributed by atoms with van der Waals surface area (Å²) >= 11 is 0. The van der Waals surface area contributed by atoms with Crippen molar-refractivity contribution < 1.29 is 5.11 Å². The van der Waals surface area contributed by atoms with Crippen LogP contribution in [0, 0.1) is 10.8 Å². The molecule has 0 amide bonds. The van der Waals surface area contributed by atoms with E-state index in [0.29, 0.717) is 6.04 Å². The molecule has 0 aliphatic rings. The molecule has 2 atom stereocenters. The first-order valence-corrected chi connectivity index (χ1v) is 5.84. The summed E-state index contributed by atoms with van der Waals surface area (Å²) < 4.78 is 0. The Morgan fingerprint density at radius 3 is 1.67 bits per heavy atom. The van der Waals surface area contributed by atoms with E-state index in [1.165, 1.54) is 0 Å². The second-order valence-corrected chi connectivity index (χ2v) is 6.86. The Morgan fingerprint density at radius 1 is 1.00 bits per heavy atom. The van der Waals surface area contributed by atoms with Crippen molar-refractivity contribution in [2.24, 2.45) is 10.8 Å². The molecule has 0 aromatic carbocycles. The highest BCUT2D eigenvalue weighted by atomic mass is 16.3. The van der Waals surface area contributed by atoms with Crippen molar-refractivity contribution in [1.82, 2.24) is 4.90 Å². The molecular weight excluding hydrogens is 186 g/mol. The predicted molar refractivity (Wildman–Crippen MR) is 67.0 cm³/mol. The zero-order valence-corrected chi connectivity index (χ0v) is 11.8. The number of aliphatic hydroxyl groups is 1. The van der Waals surface area contributed by atoms with Gasteiger partial charge in [0.25, 0.3) is 0 Å². The molecule has 0 aliphatic carbocycles. The fourth-order valence-corrected chi connectivity index (χ4v) is 1.37. The Balaban J connectivity index is 4.32. The van der Waals surface area contributed by atoms with Crippen LogP contribution >= 0.6 is 0 Å². The Morgan fingerprint density at radius 2 is 1.40 bits per heavy atom. The number of hydrogen-bond acceptors (Lipinski definition) is 2. The summed E-state index contributed by atoms with van der Waals surface area (Å²) in [5.74, 6) is 0. The van der Waals surface area contributed by atoms with Crippen LogP contribution in [0.5, 0.6) is 0 Å². The average molecular weight is 215 g/mol. The Hall–Kier alpha value is -0.0800. The summed E-state index contributed by atoms with van der Waals surface area (Å²) in [6, 6.07) is 0.467. The van der Waals surface area contributed by atoms with Crippen LogP contribution in [0.15, 0.2) is 0 Å². The van der Waals surface area contributed by atoms with E-state index in [1.54, 1.807) is 0 Å². The van der Waals surface area contributed by atoms with Gasteiger partial charge in [-0.25, -0.2) is 0 Å². The van der Waals surface area contributed by atoms with Gasteiger partial charge in [-0.2, -0.15) is 0 Å². The van der Waals surface area contributed by atoms with Gasteiger partial charge in [0, 0.05) is 12.6 Å². The van der Waals surface area contributed by atoms with Crippen molar-refractivity contribution in [1.29, 1.82) is 0 Å². The Bertz CT molecular complexity index is 188. The van der Waals surface area contributed by atoms with Gasteiger partial charge in [-0.05, 0) is 24.8 Å². The molecule has 0 spiro atoms. The summed E-state index contributed by atoms with van der Waals surface area (Å²) in [6.45, 7) is 15.9. The van der Waals surface area contributed by atoms with E-state index in [2.05, 4.69) is 60.4 Å². The van der Waals surface area contributed by atoms with Gasteiger partial charge in [0.05, 0.1) is 6.10 Å². The Labute approximate surface area is 95.7 Å². The molecular formula is C13H29NO. The van der Waals surface area contributed by atoms with E-state index >= 15 is 0 Å². The third-order valence-electron chi connectivity index (χ3n) is 3.38. The highest BCUT2D eigenvalue weighted by Crippen LogP contribution is 2.25. The largest absolute Gasteiger partial charge is 0.391 e. The van der Waals surface area contributed by atoms with Crippen molar-refractivity contribution >= 4 is 0 Å². The normalized spacial score (nSPS) is 18.0. The smallest absolute Gasteiger partial charge is 0.0715 e. The maximum Gasteiger partial charge on any atom is 0.0715 e. The molecule has 92 valence electrons. The zero-order valence-electron chi connectivity index (χ0n) is 11.8. The van der Waals surface area contributed by atoms with E-state index in [0.717, 1.165) is 6.54 Å². The van der Waals surface area contributed by atoms with Crippen molar-refractivity contribution in [3.8, 4) is 0 Å². The first kappa shape index (κ1) is 14.9. The molecule has 0 saturated carbocycles. The molecule has 0 bridgehead atoms. The van der Waals surface area contributed by atoms with Crippen LogP contribution in [0.2, 0.25) is 0 Å². The average Bonchev–Trinajstić information content (AvgIpc) is 1.99. The molecule has 15 heavy (non-hydrogen) atoms. The van der Waals surface area contributed by atoms with Crippen molar-refractivity contribution in [2.45, 2.75) is 60.6 Å². The van der Waals surface area contributed by atoms with Crippen LogP contribution in [-0.4, -0.2) is 35.7 Å². The van der Waals surface area contributed by atoms with Crippen LogP contribution in [-0.2, 0) is 0 Å². The van der Waals surface area contributed by atoms with E-state index < -0.39 is 0 Å². The number of likely N-dealkylation sites (N-methyl/N-ethyl adjacent to an activating group) is 1. The molecule has 0 fully saturated rings. The fraction of sp³-hybridized carbons (Fsp3) is 1.00. The minimum atomic E-state index is -0.271. The third kappa shape index (κ3) is 4.98. The molecule has 0 radical (unpaired) electrons. The lowest BCUT2D eigenvalue weighted by Crippen LogP contribution is -2.46. The number of rotatable bonds is 3. The molecule has 0 aliphatic heterocycles.